The number of benzene rings is 1. The number of unbranched alkanes of at least 4 members (excludes halogenated alkanes) is 3. The Hall–Kier alpha value is -1.81. The average molecular weight is 262 g/mol. The maximum absolute atomic E-state index is 11.6. The van der Waals surface area contributed by atoms with Crippen LogP contribution in [0.25, 0.3) is 0 Å². The van der Waals surface area contributed by atoms with Gasteiger partial charge in [-0.05, 0) is 31.4 Å². The second-order valence-corrected chi connectivity index (χ2v) is 4.54. The molecule has 0 fully saturated rings. The van der Waals surface area contributed by atoms with Crippen LogP contribution in [0.2, 0.25) is 0 Å². The van der Waals surface area contributed by atoms with Gasteiger partial charge in [-0.2, -0.15) is 0 Å². The lowest BCUT2D eigenvalue weighted by Gasteiger charge is -2.05. The van der Waals surface area contributed by atoms with Gasteiger partial charge in [0.05, 0.1) is 0 Å². The predicted octanol–water partition coefficient (Wildman–Crippen LogP) is 3.46. The molecule has 104 valence electrons. The number of para-hydroxylation sites is 1. The number of carbonyl (C=O) groups excluding carboxylic acids is 1. The van der Waals surface area contributed by atoms with E-state index in [0.717, 1.165) is 37.8 Å². The van der Waals surface area contributed by atoms with E-state index < -0.39 is 0 Å². The van der Waals surface area contributed by atoms with E-state index in [1.54, 1.807) is 0 Å². The Morgan fingerprint density at radius 1 is 1.05 bits per heavy atom. The van der Waals surface area contributed by atoms with Gasteiger partial charge < -0.3 is 5.32 Å². The summed E-state index contributed by atoms with van der Waals surface area (Å²) in [5, 5.41) is 11.4. The summed E-state index contributed by atoms with van der Waals surface area (Å²) in [6, 6.07) is 9.48. The van der Waals surface area contributed by atoms with Crippen LogP contribution in [-0.4, -0.2) is 11.1 Å². The van der Waals surface area contributed by atoms with Gasteiger partial charge in [-0.3, -0.25) is 15.5 Å². The van der Waals surface area contributed by atoms with Crippen molar-refractivity contribution in [1.82, 2.24) is 5.48 Å². The minimum atomic E-state index is 0.0626. The number of hydroxylamine groups is 1. The van der Waals surface area contributed by atoms with Gasteiger partial charge in [0.2, 0.25) is 5.91 Å². The van der Waals surface area contributed by atoms with Crippen LogP contribution in [0.3, 0.4) is 0 Å². The van der Waals surface area contributed by atoms with Gasteiger partial charge in [-0.15, -0.1) is 0 Å². The molecule has 0 aromatic heterocycles. The molecule has 0 unspecified atom stereocenters. The molecule has 0 saturated heterocycles. The zero-order chi connectivity index (χ0) is 13.9. The summed E-state index contributed by atoms with van der Waals surface area (Å²) in [7, 11) is 0. The van der Waals surface area contributed by atoms with Crippen molar-refractivity contribution in [3.05, 3.63) is 42.6 Å². The molecule has 1 amide bonds. The monoisotopic (exact) mass is 262 g/mol. The van der Waals surface area contributed by atoms with Crippen molar-refractivity contribution >= 4 is 11.6 Å². The lowest BCUT2D eigenvalue weighted by Crippen LogP contribution is -2.10. The third-order valence-corrected chi connectivity index (χ3v) is 2.85. The Kier molecular flexibility index (Phi) is 7.35. The summed E-state index contributed by atoms with van der Waals surface area (Å²) >= 11 is 0. The summed E-state index contributed by atoms with van der Waals surface area (Å²) < 4.78 is 0. The second kappa shape index (κ2) is 9.16. The fraction of sp³-hybridized carbons (Fsp3) is 0.400. The molecule has 0 aliphatic heterocycles. The third kappa shape index (κ3) is 7.26. The zero-order valence-corrected chi connectivity index (χ0v) is 11.2. The SMILES string of the molecule is C=C(CCCCCCC(=O)Nc1ccccc1)NO. The molecule has 1 rings (SSSR count). The normalized spacial score (nSPS) is 9.95. The van der Waals surface area contributed by atoms with Crippen molar-refractivity contribution < 1.29 is 10.0 Å². The Labute approximate surface area is 114 Å². The van der Waals surface area contributed by atoms with E-state index in [-0.39, 0.29) is 5.91 Å². The minimum absolute atomic E-state index is 0.0626. The van der Waals surface area contributed by atoms with Crippen LogP contribution < -0.4 is 10.8 Å². The van der Waals surface area contributed by atoms with E-state index in [1.807, 2.05) is 35.8 Å². The summed E-state index contributed by atoms with van der Waals surface area (Å²) in [5.41, 5.74) is 3.53. The van der Waals surface area contributed by atoms with E-state index >= 15 is 0 Å². The van der Waals surface area contributed by atoms with Gasteiger partial charge in [0.15, 0.2) is 0 Å². The van der Waals surface area contributed by atoms with Crippen molar-refractivity contribution in [2.75, 3.05) is 5.32 Å². The van der Waals surface area contributed by atoms with E-state index in [9.17, 15) is 4.79 Å². The summed E-state index contributed by atoms with van der Waals surface area (Å²) in [4.78, 5) is 11.6. The second-order valence-electron chi connectivity index (χ2n) is 4.54. The number of hydrogen-bond donors (Lipinski definition) is 3. The van der Waals surface area contributed by atoms with Crippen molar-refractivity contribution in [2.24, 2.45) is 0 Å². The quantitative estimate of drug-likeness (QED) is 0.472. The Bertz CT molecular complexity index is 390. The molecule has 4 nitrogen and oxygen atoms in total. The first-order valence-electron chi connectivity index (χ1n) is 6.65. The largest absolute Gasteiger partial charge is 0.326 e. The molecule has 0 atom stereocenters. The Morgan fingerprint density at radius 3 is 2.32 bits per heavy atom. The van der Waals surface area contributed by atoms with Gasteiger partial charge in [0.1, 0.15) is 0 Å². The van der Waals surface area contributed by atoms with E-state index in [4.69, 9.17) is 5.21 Å². The van der Waals surface area contributed by atoms with Crippen molar-refractivity contribution in [2.45, 2.75) is 38.5 Å². The first-order chi connectivity index (χ1) is 9.22. The first-order valence-corrected chi connectivity index (χ1v) is 6.65. The van der Waals surface area contributed by atoms with Crippen LogP contribution >= 0.6 is 0 Å². The van der Waals surface area contributed by atoms with Gasteiger partial charge in [0, 0.05) is 17.8 Å². The molecule has 0 aliphatic rings. The lowest BCUT2D eigenvalue weighted by molar-refractivity contribution is -0.116. The average Bonchev–Trinajstić information content (AvgIpc) is 2.43. The lowest BCUT2D eigenvalue weighted by atomic mass is 10.1. The van der Waals surface area contributed by atoms with Crippen LogP contribution in [0, 0.1) is 0 Å². The molecule has 0 heterocycles. The highest BCUT2D eigenvalue weighted by Gasteiger charge is 2.01. The van der Waals surface area contributed by atoms with Crippen LogP contribution in [0.4, 0.5) is 5.69 Å². The molecule has 3 N–H and O–H groups in total. The van der Waals surface area contributed by atoms with E-state index in [2.05, 4.69) is 11.9 Å². The topological polar surface area (TPSA) is 61.4 Å². The van der Waals surface area contributed by atoms with E-state index in [1.165, 1.54) is 0 Å². The number of rotatable bonds is 9. The molecule has 0 radical (unpaired) electrons. The smallest absolute Gasteiger partial charge is 0.224 e. The Balaban J connectivity index is 2.03. The fourth-order valence-corrected chi connectivity index (χ4v) is 1.78. The van der Waals surface area contributed by atoms with Crippen molar-refractivity contribution in [3.63, 3.8) is 0 Å². The van der Waals surface area contributed by atoms with Crippen LogP contribution in [0.1, 0.15) is 38.5 Å². The number of allylic oxidation sites excluding steroid dienone is 1. The number of nitrogens with one attached hydrogen (secondary N) is 2. The van der Waals surface area contributed by atoms with Crippen molar-refractivity contribution in [3.8, 4) is 0 Å². The summed E-state index contributed by atoms with van der Waals surface area (Å²) in [5.74, 6) is 0.0626. The molecule has 19 heavy (non-hydrogen) atoms. The molecular formula is C15H22N2O2. The summed E-state index contributed by atoms with van der Waals surface area (Å²) in [6.07, 6.45) is 5.24. The molecule has 0 saturated carbocycles. The van der Waals surface area contributed by atoms with Crippen LogP contribution in [-0.2, 0) is 4.79 Å². The van der Waals surface area contributed by atoms with Gasteiger partial charge in [-0.1, -0.05) is 37.6 Å². The molecule has 0 spiro atoms. The number of carbonyl (C=O) groups is 1. The van der Waals surface area contributed by atoms with Gasteiger partial charge in [0.25, 0.3) is 0 Å². The molecule has 0 aliphatic carbocycles. The molecule has 0 bridgehead atoms. The van der Waals surface area contributed by atoms with Gasteiger partial charge >= 0.3 is 0 Å². The summed E-state index contributed by atoms with van der Waals surface area (Å²) in [6.45, 7) is 3.64. The zero-order valence-electron chi connectivity index (χ0n) is 11.2. The predicted molar refractivity (Wildman–Crippen MR) is 76.8 cm³/mol. The van der Waals surface area contributed by atoms with E-state index in [0.29, 0.717) is 12.1 Å². The molecule has 1 aromatic carbocycles. The van der Waals surface area contributed by atoms with Crippen LogP contribution in [0.5, 0.6) is 0 Å². The Morgan fingerprint density at radius 2 is 1.68 bits per heavy atom. The number of anilines is 1. The fourth-order valence-electron chi connectivity index (χ4n) is 1.78. The van der Waals surface area contributed by atoms with Crippen LogP contribution in [0.15, 0.2) is 42.6 Å². The highest BCUT2D eigenvalue weighted by molar-refractivity contribution is 5.90. The first kappa shape index (κ1) is 15.2. The number of amides is 1. The minimum Gasteiger partial charge on any atom is -0.326 e. The third-order valence-electron chi connectivity index (χ3n) is 2.85. The highest BCUT2D eigenvalue weighted by Crippen LogP contribution is 2.10. The maximum Gasteiger partial charge on any atom is 0.224 e. The molecule has 4 heteroatoms. The van der Waals surface area contributed by atoms with Gasteiger partial charge in [-0.25, -0.2) is 0 Å². The molecular weight excluding hydrogens is 240 g/mol. The van der Waals surface area contributed by atoms with Crippen molar-refractivity contribution in [1.29, 1.82) is 0 Å². The number of hydrogen-bond acceptors (Lipinski definition) is 3. The standard InChI is InChI=1S/C15H22N2O2/c1-13(17-19)9-5-2-3-8-12-15(18)16-14-10-6-4-7-11-14/h4,6-7,10-11,17,19H,1-3,5,8-9,12H2,(H,16,18). The highest BCUT2D eigenvalue weighted by atomic mass is 16.5. The molecule has 1 aromatic rings. The maximum atomic E-state index is 11.6.